The lowest BCUT2D eigenvalue weighted by Crippen LogP contribution is -2.09. The zero-order chi connectivity index (χ0) is 12.4. The molecule has 90 valence electrons. The number of fused-ring (bicyclic) bond motifs is 1. The predicted molar refractivity (Wildman–Crippen MR) is 79.0 cm³/mol. The summed E-state index contributed by atoms with van der Waals surface area (Å²) in [7, 11) is 0. The largest absolute Gasteiger partial charge is 0.403 e. The van der Waals surface area contributed by atoms with Gasteiger partial charge in [-0.05, 0) is 47.9 Å². The van der Waals surface area contributed by atoms with Crippen LogP contribution in [0.15, 0.2) is 23.2 Å². The summed E-state index contributed by atoms with van der Waals surface area (Å²) < 4.78 is 6.23. The second kappa shape index (κ2) is 5.39. The van der Waals surface area contributed by atoms with Gasteiger partial charge in [-0.25, -0.2) is 9.79 Å². The van der Waals surface area contributed by atoms with Gasteiger partial charge in [-0.2, -0.15) is 11.8 Å². The van der Waals surface area contributed by atoms with E-state index in [0.717, 1.165) is 14.9 Å². The summed E-state index contributed by atoms with van der Waals surface area (Å²) in [5.74, 6) is 1.09. The molecule has 1 aliphatic rings. The van der Waals surface area contributed by atoms with Crippen molar-refractivity contribution in [3.63, 3.8) is 0 Å². The van der Waals surface area contributed by atoms with Crippen LogP contribution in [0, 0.1) is 3.57 Å². The molecule has 0 aromatic heterocycles. The number of cyclic esters (lactones) is 1. The molecule has 0 N–H and O–H groups in total. The minimum absolute atomic E-state index is 0.148. The molecule has 1 aromatic carbocycles. The molecule has 2 rings (SSSR count). The van der Waals surface area contributed by atoms with Crippen molar-refractivity contribution in [3.05, 3.63) is 32.9 Å². The number of hydrogen-bond acceptors (Lipinski definition) is 4. The highest BCUT2D eigenvalue weighted by Crippen LogP contribution is 2.26. The Hall–Kier alpha value is -0.560. The minimum Gasteiger partial charge on any atom is -0.403 e. The highest BCUT2D eigenvalue weighted by Gasteiger charge is 2.30. The van der Waals surface area contributed by atoms with E-state index in [-0.39, 0.29) is 12.0 Å². The zero-order valence-corrected chi connectivity index (χ0v) is 12.5. The van der Waals surface area contributed by atoms with Gasteiger partial charge in [0.1, 0.15) is 0 Å². The van der Waals surface area contributed by atoms with Crippen LogP contribution in [0.3, 0.4) is 0 Å². The van der Waals surface area contributed by atoms with E-state index in [0.29, 0.717) is 11.5 Å². The van der Waals surface area contributed by atoms with Crippen molar-refractivity contribution in [2.75, 3.05) is 12.0 Å². The molecule has 0 saturated heterocycles. The van der Waals surface area contributed by atoms with Crippen molar-refractivity contribution in [3.8, 4) is 0 Å². The zero-order valence-electron chi connectivity index (χ0n) is 9.57. The van der Waals surface area contributed by atoms with Gasteiger partial charge in [0.05, 0.1) is 17.2 Å². The molecule has 1 aromatic rings. The van der Waals surface area contributed by atoms with E-state index >= 15 is 0 Å². The first-order valence-corrected chi connectivity index (χ1v) is 7.68. The fraction of sp³-hybridized carbons (Fsp3) is 0.333. The molecule has 1 atom stereocenters. The Labute approximate surface area is 118 Å². The average molecular weight is 361 g/mol. The van der Waals surface area contributed by atoms with Gasteiger partial charge in [0.25, 0.3) is 0 Å². The fourth-order valence-electron chi connectivity index (χ4n) is 1.67. The number of hydrogen-bond donors (Lipinski definition) is 0. The topological polar surface area (TPSA) is 38.7 Å². The smallest absolute Gasteiger partial charge is 0.345 e. The maximum atomic E-state index is 11.7. The third-order valence-electron chi connectivity index (χ3n) is 2.38. The quantitative estimate of drug-likeness (QED) is 0.614. The van der Waals surface area contributed by atoms with Crippen LogP contribution in [0.4, 0.5) is 0 Å². The van der Waals surface area contributed by atoms with Crippen molar-refractivity contribution >= 4 is 46.2 Å². The average Bonchev–Trinajstić information content (AvgIpc) is 2.57. The Kier molecular flexibility index (Phi) is 4.09. The van der Waals surface area contributed by atoms with E-state index in [9.17, 15) is 4.79 Å². The summed E-state index contributed by atoms with van der Waals surface area (Å²) in [5, 5.41) is 0. The monoisotopic (exact) mass is 361 g/mol. The van der Waals surface area contributed by atoms with Crippen molar-refractivity contribution < 1.29 is 9.53 Å². The molecule has 1 aliphatic heterocycles. The number of nitrogens with zero attached hydrogens (tertiary/aromatic N) is 1. The lowest BCUT2D eigenvalue weighted by atomic mass is 10.1. The predicted octanol–water partition coefficient (Wildman–Crippen LogP) is 2.96. The Morgan fingerprint density at radius 2 is 2.29 bits per heavy atom. The van der Waals surface area contributed by atoms with Crippen molar-refractivity contribution in [1.82, 2.24) is 0 Å². The SMILES string of the molecule is CSCC(C)/N=C1\OC(=O)c2cccc(I)c21. The standard InChI is InChI=1S/C12H12INO2S/c1-7(6-17-2)14-11-10-8(12(15)16-11)4-3-5-9(10)13/h3-5,7H,6H2,1-2H3/b14-11-. The highest BCUT2D eigenvalue weighted by atomic mass is 127. The van der Waals surface area contributed by atoms with Crippen LogP contribution in [-0.2, 0) is 4.74 Å². The van der Waals surface area contributed by atoms with Crippen molar-refractivity contribution in [2.45, 2.75) is 13.0 Å². The second-order valence-corrected chi connectivity index (χ2v) is 5.86. The number of rotatable bonds is 3. The highest BCUT2D eigenvalue weighted by molar-refractivity contribution is 14.1. The molecule has 0 radical (unpaired) electrons. The first-order chi connectivity index (χ1) is 8.13. The van der Waals surface area contributed by atoms with E-state index in [1.165, 1.54) is 0 Å². The molecule has 1 heterocycles. The fourth-order valence-corrected chi connectivity index (χ4v) is 2.96. The van der Waals surface area contributed by atoms with Crippen LogP contribution in [0.2, 0.25) is 0 Å². The van der Waals surface area contributed by atoms with Gasteiger partial charge in [0.15, 0.2) is 0 Å². The van der Waals surface area contributed by atoms with Gasteiger partial charge in [-0.3, -0.25) is 0 Å². The summed E-state index contributed by atoms with van der Waals surface area (Å²) in [6.07, 6.45) is 2.04. The summed E-state index contributed by atoms with van der Waals surface area (Å²) in [6.45, 7) is 2.02. The number of thioether (sulfide) groups is 1. The van der Waals surface area contributed by atoms with Crippen LogP contribution >= 0.6 is 34.4 Å². The Balaban J connectivity index is 2.39. The number of carbonyl (C=O) groups excluding carboxylic acids is 1. The van der Waals surface area contributed by atoms with Gasteiger partial charge in [-0.15, -0.1) is 0 Å². The van der Waals surface area contributed by atoms with Gasteiger partial charge < -0.3 is 4.74 Å². The van der Waals surface area contributed by atoms with E-state index in [4.69, 9.17) is 4.74 Å². The van der Waals surface area contributed by atoms with Gasteiger partial charge in [-0.1, -0.05) is 6.07 Å². The van der Waals surface area contributed by atoms with Gasteiger partial charge >= 0.3 is 5.97 Å². The molecule has 0 aliphatic carbocycles. The molecule has 3 nitrogen and oxygen atoms in total. The van der Waals surface area contributed by atoms with Crippen LogP contribution in [0.5, 0.6) is 0 Å². The molecule has 5 heteroatoms. The lowest BCUT2D eigenvalue weighted by molar-refractivity contribution is 0.0736. The van der Waals surface area contributed by atoms with Crippen molar-refractivity contribution in [1.29, 1.82) is 0 Å². The molecule has 0 saturated carbocycles. The first-order valence-electron chi connectivity index (χ1n) is 5.21. The minimum atomic E-state index is -0.298. The summed E-state index contributed by atoms with van der Waals surface area (Å²) in [6, 6.07) is 5.74. The second-order valence-electron chi connectivity index (χ2n) is 3.79. The Morgan fingerprint density at radius 3 is 3.00 bits per heavy atom. The number of esters is 1. The van der Waals surface area contributed by atoms with Gasteiger partial charge in [0, 0.05) is 9.32 Å². The van der Waals surface area contributed by atoms with E-state index < -0.39 is 0 Å². The third-order valence-corrected chi connectivity index (χ3v) is 4.10. The maximum Gasteiger partial charge on any atom is 0.345 e. The summed E-state index contributed by atoms with van der Waals surface area (Å²) >= 11 is 3.93. The molecular weight excluding hydrogens is 349 g/mol. The van der Waals surface area contributed by atoms with E-state index in [1.807, 2.05) is 25.3 Å². The summed E-state index contributed by atoms with van der Waals surface area (Å²) in [5.41, 5.74) is 1.46. The normalized spacial score (nSPS) is 18.1. The van der Waals surface area contributed by atoms with Crippen molar-refractivity contribution in [2.24, 2.45) is 4.99 Å². The van der Waals surface area contributed by atoms with Crippen LogP contribution in [0.1, 0.15) is 22.8 Å². The van der Waals surface area contributed by atoms with Crippen LogP contribution in [-0.4, -0.2) is 29.9 Å². The lowest BCUT2D eigenvalue weighted by Gasteiger charge is -2.05. The molecule has 0 fully saturated rings. The van der Waals surface area contributed by atoms with Crippen LogP contribution < -0.4 is 0 Å². The molecule has 0 amide bonds. The van der Waals surface area contributed by atoms with Crippen LogP contribution in [0.25, 0.3) is 0 Å². The molecule has 0 bridgehead atoms. The number of ether oxygens (including phenoxy) is 1. The number of halogens is 1. The number of benzene rings is 1. The molecule has 17 heavy (non-hydrogen) atoms. The third kappa shape index (κ3) is 2.65. The molecule has 1 unspecified atom stereocenters. The first kappa shape index (κ1) is 12.9. The molecule has 0 spiro atoms. The van der Waals surface area contributed by atoms with E-state index in [1.54, 1.807) is 17.8 Å². The van der Waals surface area contributed by atoms with Gasteiger partial charge in [0.2, 0.25) is 5.90 Å². The molecular formula is C12H12INO2S. The Bertz CT molecular complexity index is 487. The number of carbonyl (C=O) groups is 1. The Morgan fingerprint density at radius 1 is 1.53 bits per heavy atom. The summed E-state index contributed by atoms with van der Waals surface area (Å²) in [4.78, 5) is 16.1. The van der Waals surface area contributed by atoms with E-state index in [2.05, 4.69) is 27.6 Å². The number of aliphatic imine (C=N–C) groups is 1. The maximum absolute atomic E-state index is 11.7.